The average molecular weight is 399 g/mol. The van der Waals surface area contributed by atoms with Crippen molar-refractivity contribution in [2.24, 2.45) is 0 Å². The van der Waals surface area contributed by atoms with Gasteiger partial charge < -0.3 is 0 Å². The summed E-state index contributed by atoms with van der Waals surface area (Å²) in [7, 11) is 0. The number of carbonyl (C=O) groups is 1. The minimum Gasteiger partial charge on any atom is -0.277 e. The predicted molar refractivity (Wildman–Crippen MR) is 98.5 cm³/mol. The Morgan fingerprint density at radius 3 is 1.77 bits per heavy atom. The molecule has 0 heterocycles. The molecule has 0 unspecified atom stereocenters. The molecule has 0 saturated heterocycles. The van der Waals surface area contributed by atoms with E-state index in [1.165, 1.54) is 0 Å². The summed E-state index contributed by atoms with van der Waals surface area (Å²) in [6.07, 6.45) is 0. The molecular weight excluding hydrogens is 385 g/mol. The van der Waals surface area contributed by atoms with Crippen LogP contribution in [0.3, 0.4) is 0 Å². The van der Waals surface area contributed by atoms with Gasteiger partial charge in [-0.3, -0.25) is 9.69 Å². The third-order valence-corrected chi connectivity index (χ3v) is 3.97. The maximum Gasteiger partial charge on any atom is 0.262 e. The second-order valence-electron chi connectivity index (χ2n) is 4.82. The van der Waals surface area contributed by atoms with Crippen LogP contribution in [0.2, 0.25) is 0 Å². The van der Waals surface area contributed by atoms with Gasteiger partial charge in [-0.2, -0.15) is 0 Å². The van der Waals surface area contributed by atoms with E-state index in [4.69, 9.17) is 0 Å². The molecule has 0 N–H and O–H groups in total. The van der Waals surface area contributed by atoms with Crippen LogP contribution in [-0.4, -0.2) is 5.91 Å². The monoisotopic (exact) mass is 399 g/mol. The number of rotatable bonds is 3. The third-order valence-electron chi connectivity index (χ3n) is 3.30. The highest BCUT2D eigenvalue weighted by molar-refractivity contribution is 14.1. The first-order valence-electron chi connectivity index (χ1n) is 6.96. The molecule has 0 aliphatic rings. The molecule has 0 fully saturated rings. The molecule has 3 aromatic rings. The van der Waals surface area contributed by atoms with Crippen LogP contribution in [0.5, 0.6) is 0 Å². The number of nitrogens with zero attached hydrogens (tertiary/aromatic N) is 1. The van der Waals surface area contributed by atoms with E-state index in [9.17, 15) is 4.79 Å². The number of hydrogen-bond donors (Lipinski definition) is 0. The number of benzene rings is 3. The van der Waals surface area contributed by atoms with Crippen molar-refractivity contribution in [3.05, 3.63) is 94.1 Å². The molecule has 0 spiro atoms. The Labute approximate surface area is 143 Å². The molecule has 0 saturated carbocycles. The Hall–Kier alpha value is -2.14. The summed E-state index contributed by atoms with van der Waals surface area (Å²) < 4.78 is 1.05. The highest BCUT2D eigenvalue weighted by Gasteiger charge is 2.19. The van der Waals surface area contributed by atoms with E-state index in [-0.39, 0.29) is 5.91 Å². The van der Waals surface area contributed by atoms with Crippen molar-refractivity contribution in [2.75, 3.05) is 4.90 Å². The van der Waals surface area contributed by atoms with Crippen molar-refractivity contribution in [1.29, 1.82) is 0 Å². The van der Waals surface area contributed by atoms with Crippen molar-refractivity contribution in [3.8, 4) is 0 Å². The quantitative estimate of drug-likeness (QED) is 0.550. The molecule has 22 heavy (non-hydrogen) atoms. The zero-order chi connectivity index (χ0) is 15.4. The van der Waals surface area contributed by atoms with Crippen LogP contribution in [0.25, 0.3) is 0 Å². The summed E-state index contributed by atoms with van der Waals surface area (Å²) in [5.74, 6) is -0.0316. The summed E-state index contributed by atoms with van der Waals surface area (Å²) in [4.78, 5) is 14.8. The van der Waals surface area contributed by atoms with Gasteiger partial charge in [0.05, 0.1) is 0 Å². The molecule has 2 nitrogen and oxygen atoms in total. The van der Waals surface area contributed by atoms with Crippen molar-refractivity contribution in [2.45, 2.75) is 0 Å². The zero-order valence-corrected chi connectivity index (χ0v) is 14.0. The second-order valence-corrected chi connectivity index (χ2v) is 6.07. The van der Waals surface area contributed by atoms with Gasteiger partial charge in [0.2, 0.25) is 0 Å². The van der Waals surface area contributed by atoms with Gasteiger partial charge >= 0.3 is 0 Å². The van der Waals surface area contributed by atoms with Crippen molar-refractivity contribution in [1.82, 2.24) is 0 Å². The number of hydrogen-bond acceptors (Lipinski definition) is 1. The fraction of sp³-hybridized carbons (Fsp3) is 0. The summed E-state index contributed by atoms with van der Waals surface area (Å²) in [6, 6.07) is 27.1. The van der Waals surface area contributed by atoms with Crippen molar-refractivity contribution < 1.29 is 4.79 Å². The molecule has 0 aliphatic carbocycles. The maximum absolute atomic E-state index is 13.0. The summed E-state index contributed by atoms with van der Waals surface area (Å²) in [5, 5.41) is 0. The normalized spacial score (nSPS) is 10.2. The lowest BCUT2D eigenvalue weighted by Gasteiger charge is -2.23. The molecule has 0 radical (unpaired) electrons. The van der Waals surface area contributed by atoms with E-state index in [0.29, 0.717) is 5.56 Å². The summed E-state index contributed by atoms with van der Waals surface area (Å²) in [6.45, 7) is 0. The minimum atomic E-state index is -0.0316. The van der Waals surface area contributed by atoms with Crippen LogP contribution in [0.1, 0.15) is 10.4 Å². The van der Waals surface area contributed by atoms with Gasteiger partial charge in [-0.15, -0.1) is 0 Å². The molecule has 3 rings (SSSR count). The SMILES string of the molecule is O=C(c1cccc(I)c1)N(c1ccccc1)c1ccccc1. The van der Waals surface area contributed by atoms with E-state index in [0.717, 1.165) is 14.9 Å². The lowest BCUT2D eigenvalue weighted by molar-refractivity contribution is 0.0999. The Bertz CT molecular complexity index is 732. The topological polar surface area (TPSA) is 20.3 Å². The zero-order valence-electron chi connectivity index (χ0n) is 11.8. The van der Waals surface area contributed by atoms with Gasteiger partial charge in [0.1, 0.15) is 0 Å². The highest BCUT2D eigenvalue weighted by Crippen LogP contribution is 2.27. The predicted octanol–water partition coefficient (Wildman–Crippen LogP) is 5.27. The second kappa shape index (κ2) is 6.75. The molecule has 3 aromatic carbocycles. The number of carbonyl (C=O) groups excluding carboxylic acids is 1. The summed E-state index contributed by atoms with van der Waals surface area (Å²) >= 11 is 2.22. The number of anilines is 2. The standard InChI is InChI=1S/C19H14INO/c20-16-9-7-8-15(14-16)19(22)21(17-10-3-1-4-11-17)18-12-5-2-6-13-18/h1-14H. The molecule has 0 atom stereocenters. The fourth-order valence-electron chi connectivity index (χ4n) is 2.29. The number of halogens is 1. The van der Waals surface area contributed by atoms with Crippen LogP contribution in [-0.2, 0) is 0 Å². The Morgan fingerprint density at radius 2 is 1.27 bits per heavy atom. The van der Waals surface area contributed by atoms with E-state index in [1.807, 2.05) is 84.9 Å². The lowest BCUT2D eigenvalue weighted by Crippen LogP contribution is -2.25. The van der Waals surface area contributed by atoms with Gasteiger partial charge in [0, 0.05) is 20.5 Å². The van der Waals surface area contributed by atoms with Crippen LogP contribution >= 0.6 is 22.6 Å². The first kappa shape index (κ1) is 14.8. The fourth-order valence-corrected chi connectivity index (χ4v) is 2.83. The Balaban J connectivity index is 2.08. The maximum atomic E-state index is 13.0. The lowest BCUT2D eigenvalue weighted by atomic mass is 10.1. The summed E-state index contributed by atoms with van der Waals surface area (Å²) in [5.41, 5.74) is 2.40. The van der Waals surface area contributed by atoms with Gasteiger partial charge in [0.15, 0.2) is 0 Å². The molecular formula is C19H14INO. The van der Waals surface area contributed by atoms with E-state index in [1.54, 1.807) is 4.90 Å². The van der Waals surface area contributed by atoms with E-state index in [2.05, 4.69) is 22.6 Å². The van der Waals surface area contributed by atoms with E-state index < -0.39 is 0 Å². The van der Waals surface area contributed by atoms with Crippen molar-refractivity contribution >= 4 is 39.9 Å². The molecule has 0 aromatic heterocycles. The van der Waals surface area contributed by atoms with Crippen LogP contribution in [0.15, 0.2) is 84.9 Å². The molecule has 0 bridgehead atoms. The third kappa shape index (κ3) is 3.20. The average Bonchev–Trinajstić information content (AvgIpc) is 2.57. The highest BCUT2D eigenvalue weighted by atomic mass is 127. The molecule has 1 amide bonds. The number of amides is 1. The van der Waals surface area contributed by atoms with Gasteiger partial charge in [-0.1, -0.05) is 42.5 Å². The molecule has 0 aliphatic heterocycles. The first-order chi connectivity index (χ1) is 10.8. The van der Waals surface area contributed by atoms with Crippen molar-refractivity contribution in [3.63, 3.8) is 0 Å². The Morgan fingerprint density at radius 1 is 0.727 bits per heavy atom. The molecule has 108 valence electrons. The largest absolute Gasteiger partial charge is 0.277 e. The van der Waals surface area contributed by atoms with Gasteiger partial charge in [-0.25, -0.2) is 0 Å². The smallest absolute Gasteiger partial charge is 0.262 e. The van der Waals surface area contributed by atoms with Crippen LogP contribution < -0.4 is 4.90 Å². The van der Waals surface area contributed by atoms with Crippen LogP contribution in [0, 0.1) is 3.57 Å². The van der Waals surface area contributed by atoms with Crippen LogP contribution in [0.4, 0.5) is 11.4 Å². The molecule has 3 heteroatoms. The Kier molecular flexibility index (Phi) is 4.53. The van der Waals surface area contributed by atoms with Gasteiger partial charge in [0.25, 0.3) is 5.91 Å². The van der Waals surface area contributed by atoms with E-state index >= 15 is 0 Å². The first-order valence-corrected chi connectivity index (χ1v) is 8.04. The van der Waals surface area contributed by atoms with Gasteiger partial charge in [-0.05, 0) is 65.1 Å². The number of para-hydroxylation sites is 2. The minimum absolute atomic E-state index is 0.0316.